The van der Waals surface area contributed by atoms with Gasteiger partial charge in [-0.05, 0) is 67.8 Å². The maximum atomic E-state index is 13.5. The predicted octanol–water partition coefficient (Wildman–Crippen LogP) is 5.12. The standard InChI is InChI=1S/C34H38N2O6/c1-23(2)42-29-14-11-27(21-24(29)3)32(37)30-31(36(34(39)33(30)38)16-15-35-17-19-40-20-18-35)26-9-12-28(13-10-26)41-22-25-7-5-4-6-8-25/h4-14,21,23,31,37H,15-20,22H2,1-3H3. The number of nitrogens with zero attached hydrogens (tertiary/aromatic N) is 2. The Morgan fingerprint density at radius 2 is 1.69 bits per heavy atom. The molecule has 0 aromatic heterocycles. The molecule has 0 saturated carbocycles. The average Bonchev–Trinajstić information content (AvgIpc) is 3.25. The molecule has 5 rings (SSSR count). The van der Waals surface area contributed by atoms with Gasteiger partial charge < -0.3 is 24.2 Å². The molecule has 2 fully saturated rings. The van der Waals surface area contributed by atoms with Crippen molar-refractivity contribution in [2.75, 3.05) is 39.4 Å². The molecule has 1 amide bonds. The molecule has 2 heterocycles. The van der Waals surface area contributed by atoms with E-state index >= 15 is 0 Å². The van der Waals surface area contributed by atoms with Crippen molar-refractivity contribution in [2.24, 2.45) is 0 Å². The van der Waals surface area contributed by atoms with Crippen LogP contribution in [0.2, 0.25) is 0 Å². The van der Waals surface area contributed by atoms with Crippen molar-refractivity contribution in [1.29, 1.82) is 0 Å². The summed E-state index contributed by atoms with van der Waals surface area (Å²) in [5.41, 5.74) is 3.14. The van der Waals surface area contributed by atoms with Gasteiger partial charge >= 0.3 is 0 Å². The Morgan fingerprint density at radius 1 is 0.976 bits per heavy atom. The van der Waals surface area contributed by atoms with E-state index in [4.69, 9.17) is 14.2 Å². The fraction of sp³-hybridized carbons (Fsp3) is 0.353. The molecule has 3 aromatic rings. The summed E-state index contributed by atoms with van der Waals surface area (Å²) in [6.45, 7) is 9.98. The summed E-state index contributed by atoms with van der Waals surface area (Å²) in [6.07, 6.45) is -0.000387. The molecule has 8 heteroatoms. The first-order chi connectivity index (χ1) is 20.3. The second kappa shape index (κ2) is 13.2. The lowest BCUT2D eigenvalue weighted by atomic mass is 9.94. The minimum absolute atomic E-state index is 0.000387. The van der Waals surface area contributed by atoms with Crippen molar-refractivity contribution in [3.63, 3.8) is 0 Å². The van der Waals surface area contributed by atoms with Crippen LogP contribution in [0, 0.1) is 6.92 Å². The Bertz CT molecular complexity index is 1430. The number of carbonyl (C=O) groups excluding carboxylic acids is 2. The van der Waals surface area contributed by atoms with Crippen LogP contribution in [-0.2, 0) is 20.9 Å². The van der Waals surface area contributed by atoms with E-state index in [0.717, 1.165) is 29.8 Å². The van der Waals surface area contributed by atoms with Crippen LogP contribution >= 0.6 is 0 Å². The summed E-state index contributed by atoms with van der Waals surface area (Å²) in [5, 5.41) is 11.5. The fourth-order valence-corrected chi connectivity index (χ4v) is 5.36. The first kappa shape index (κ1) is 29.4. The van der Waals surface area contributed by atoms with Crippen molar-refractivity contribution in [3.8, 4) is 11.5 Å². The molecule has 0 bridgehead atoms. The molecular weight excluding hydrogens is 532 g/mol. The lowest BCUT2D eigenvalue weighted by molar-refractivity contribution is -0.140. The number of aliphatic hydroxyl groups is 1. The Morgan fingerprint density at radius 3 is 2.36 bits per heavy atom. The zero-order valence-corrected chi connectivity index (χ0v) is 24.4. The minimum atomic E-state index is -0.735. The molecule has 3 aromatic carbocycles. The molecule has 1 unspecified atom stereocenters. The number of likely N-dealkylation sites (tertiary alicyclic amines) is 1. The molecular formula is C34H38N2O6. The molecule has 0 radical (unpaired) electrons. The Hall–Kier alpha value is -4.14. The van der Waals surface area contributed by atoms with Gasteiger partial charge in [0.15, 0.2) is 0 Å². The van der Waals surface area contributed by atoms with Crippen molar-refractivity contribution >= 4 is 17.4 Å². The second-order valence-electron chi connectivity index (χ2n) is 10.9. The highest BCUT2D eigenvalue weighted by molar-refractivity contribution is 6.46. The van der Waals surface area contributed by atoms with Gasteiger partial charge in [0.2, 0.25) is 0 Å². The fourth-order valence-electron chi connectivity index (χ4n) is 5.36. The first-order valence-corrected chi connectivity index (χ1v) is 14.4. The van der Waals surface area contributed by atoms with Crippen LogP contribution in [0.4, 0.5) is 0 Å². The molecule has 1 atom stereocenters. The lowest BCUT2D eigenvalue weighted by Gasteiger charge is -2.31. The van der Waals surface area contributed by atoms with Crippen LogP contribution in [0.15, 0.2) is 78.4 Å². The average molecular weight is 571 g/mol. The summed E-state index contributed by atoms with van der Waals surface area (Å²) < 4.78 is 17.3. The summed E-state index contributed by atoms with van der Waals surface area (Å²) in [7, 11) is 0. The number of rotatable bonds is 10. The van der Waals surface area contributed by atoms with Gasteiger partial charge in [0.25, 0.3) is 11.7 Å². The van der Waals surface area contributed by atoms with Gasteiger partial charge in [0, 0.05) is 31.7 Å². The molecule has 0 spiro atoms. The van der Waals surface area contributed by atoms with Crippen LogP contribution in [-0.4, -0.2) is 72.1 Å². The maximum Gasteiger partial charge on any atom is 0.295 e. The van der Waals surface area contributed by atoms with Gasteiger partial charge in [0.05, 0.1) is 30.9 Å². The molecule has 2 saturated heterocycles. The topological polar surface area (TPSA) is 88.5 Å². The summed E-state index contributed by atoms with van der Waals surface area (Å²) in [6, 6.07) is 21.8. The number of carbonyl (C=O) groups is 2. The second-order valence-corrected chi connectivity index (χ2v) is 10.9. The van der Waals surface area contributed by atoms with E-state index in [2.05, 4.69) is 4.90 Å². The van der Waals surface area contributed by atoms with Crippen LogP contribution in [0.1, 0.15) is 42.1 Å². The summed E-state index contributed by atoms with van der Waals surface area (Å²) in [5.74, 6) is -0.130. The number of hydrogen-bond acceptors (Lipinski definition) is 7. The van der Waals surface area contributed by atoms with E-state index < -0.39 is 17.7 Å². The Labute approximate surface area is 247 Å². The highest BCUT2D eigenvalue weighted by atomic mass is 16.5. The van der Waals surface area contributed by atoms with Gasteiger partial charge in [-0.25, -0.2) is 0 Å². The van der Waals surface area contributed by atoms with E-state index in [1.165, 1.54) is 0 Å². The van der Waals surface area contributed by atoms with Crippen LogP contribution in [0.25, 0.3) is 5.76 Å². The zero-order chi connectivity index (χ0) is 29.6. The molecule has 2 aliphatic rings. The number of ether oxygens (including phenoxy) is 3. The highest BCUT2D eigenvalue weighted by Crippen LogP contribution is 2.40. The number of amides is 1. The highest BCUT2D eigenvalue weighted by Gasteiger charge is 2.46. The van der Waals surface area contributed by atoms with E-state index in [-0.39, 0.29) is 17.4 Å². The zero-order valence-electron chi connectivity index (χ0n) is 24.4. The van der Waals surface area contributed by atoms with Crippen LogP contribution in [0.5, 0.6) is 11.5 Å². The van der Waals surface area contributed by atoms with Crippen molar-refractivity contribution in [2.45, 2.75) is 39.5 Å². The quantitative estimate of drug-likeness (QED) is 0.206. The smallest absolute Gasteiger partial charge is 0.295 e. The van der Waals surface area contributed by atoms with E-state index in [9.17, 15) is 14.7 Å². The number of ketones is 1. The SMILES string of the molecule is Cc1cc(C(O)=C2C(=O)C(=O)N(CCN3CCOCC3)C2c2ccc(OCc3ccccc3)cc2)ccc1OC(C)C. The molecule has 8 nitrogen and oxygen atoms in total. The third-order valence-corrected chi connectivity index (χ3v) is 7.56. The van der Waals surface area contributed by atoms with Gasteiger partial charge in [-0.3, -0.25) is 14.5 Å². The largest absolute Gasteiger partial charge is 0.507 e. The molecule has 42 heavy (non-hydrogen) atoms. The van der Waals surface area contributed by atoms with Crippen molar-refractivity contribution < 1.29 is 28.9 Å². The monoisotopic (exact) mass is 570 g/mol. The van der Waals surface area contributed by atoms with Gasteiger partial charge in [0.1, 0.15) is 23.9 Å². The molecule has 0 aliphatic carbocycles. The van der Waals surface area contributed by atoms with Gasteiger partial charge in [-0.1, -0.05) is 42.5 Å². The normalized spacial score (nSPS) is 19.0. The molecule has 220 valence electrons. The summed E-state index contributed by atoms with van der Waals surface area (Å²) >= 11 is 0. The first-order valence-electron chi connectivity index (χ1n) is 14.4. The van der Waals surface area contributed by atoms with E-state index in [1.54, 1.807) is 23.1 Å². The Balaban J connectivity index is 1.46. The number of benzene rings is 3. The number of morpholine rings is 1. The maximum absolute atomic E-state index is 13.5. The molecule has 2 aliphatic heterocycles. The van der Waals surface area contributed by atoms with Crippen LogP contribution in [0.3, 0.4) is 0 Å². The van der Waals surface area contributed by atoms with E-state index in [1.807, 2.05) is 75.4 Å². The number of aliphatic hydroxyl groups excluding tert-OH is 1. The number of Topliss-reactive ketones (excluding diaryl/α,β-unsaturated/α-hetero) is 1. The van der Waals surface area contributed by atoms with Gasteiger partial charge in [-0.2, -0.15) is 0 Å². The number of aryl methyl sites for hydroxylation is 1. The predicted molar refractivity (Wildman–Crippen MR) is 160 cm³/mol. The third-order valence-electron chi connectivity index (χ3n) is 7.56. The van der Waals surface area contributed by atoms with Crippen molar-refractivity contribution in [1.82, 2.24) is 9.80 Å². The molecule has 1 N–H and O–H groups in total. The van der Waals surface area contributed by atoms with Crippen molar-refractivity contribution in [3.05, 3.63) is 101 Å². The van der Waals surface area contributed by atoms with Crippen LogP contribution < -0.4 is 9.47 Å². The summed E-state index contributed by atoms with van der Waals surface area (Å²) in [4.78, 5) is 30.7. The van der Waals surface area contributed by atoms with Gasteiger partial charge in [-0.15, -0.1) is 0 Å². The Kier molecular flexibility index (Phi) is 9.25. The lowest BCUT2D eigenvalue weighted by Crippen LogP contribution is -2.42. The number of hydrogen-bond donors (Lipinski definition) is 1. The minimum Gasteiger partial charge on any atom is -0.507 e. The van der Waals surface area contributed by atoms with E-state index in [0.29, 0.717) is 50.0 Å². The third kappa shape index (κ3) is 6.66.